The highest BCUT2D eigenvalue weighted by molar-refractivity contribution is 7.91. The van der Waals surface area contributed by atoms with Crippen LogP contribution in [0.3, 0.4) is 0 Å². The van der Waals surface area contributed by atoms with Gasteiger partial charge in [0.25, 0.3) is 0 Å². The first-order valence-electron chi connectivity index (χ1n) is 12.4. The Morgan fingerprint density at radius 3 is 2.72 bits per heavy atom. The van der Waals surface area contributed by atoms with Crippen molar-refractivity contribution in [2.24, 2.45) is 9.50 Å². The van der Waals surface area contributed by atoms with E-state index < -0.39 is 15.9 Å². The lowest BCUT2D eigenvalue weighted by molar-refractivity contribution is 0.251. The molecular formula is C27H34N6O5S. The molecule has 1 aliphatic carbocycles. The summed E-state index contributed by atoms with van der Waals surface area (Å²) in [5.74, 6) is 0.157. The van der Waals surface area contributed by atoms with Crippen molar-refractivity contribution in [2.75, 3.05) is 39.7 Å². The number of hydrogen-bond donors (Lipinski definition) is 3. The number of nitrogens with one attached hydrogen (secondary N) is 1. The third-order valence-corrected chi connectivity index (χ3v) is 7.92. The van der Waals surface area contributed by atoms with E-state index in [0.717, 1.165) is 24.0 Å². The Morgan fingerprint density at radius 2 is 2.03 bits per heavy atom. The van der Waals surface area contributed by atoms with Gasteiger partial charge >= 0.3 is 6.03 Å². The highest BCUT2D eigenvalue weighted by Crippen LogP contribution is 2.45. The zero-order chi connectivity index (χ0) is 28.4. The van der Waals surface area contributed by atoms with E-state index in [4.69, 9.17) is 14.6 Å². The first kappa shape index (κ1) is 28.3. The number of aromatic nitrogens is 2. The number of anilines is 1. The van der Waals surface area contributed by atoms with Crippen molar-refractivity contribution in [3.8, 4) is 28.6 Å². The minimum absolute atomic E-state index is 0.0867. The Balaban J connectivity index is 1.72. The molecule has 0 saturated heterocycles. The van der Waals surface area contributed by atoms with Gasteiger partial charge in [-0.25, -0.2) is 19.1 Å². The second kappa shape index (κ2) is 11.2. The van der Waals surface area contributed by atoms with Crippen LogP contribution in [0.15, 0.2) is 52.0 Å². The molecule has 1 aromatic carbocycles. The molecule has 12 heteroatoms. The maximum absolute atomic E-state index is 13.5. The van der Waals surface area contributed by atoms with E-state index >= 15 is 0 Å². The van der Waals surface area contributed by atoms with E-state index in [0.29, 0.717) is 30.0 Å². The third kappa shape index (κ3) is 6.29. The number of carbonyl (C=O) groups excluding carboxylic acids is 1. The van der Waals surface area contributed by atoms with Crippen LogP contribution < -0.4 is 19.9 Å². The monoisotopic (exact) mass is 554 g/mol. The molecule has 208 valence electrons. The van der Waals surface area contributed by atoms with Gasteiger partial charge in [-0.1, -0.05) is 26.0 Å². The number of aromatic hydroxyl groups is 1. The number of urea groups is 1. The normalized spacial score (nSPS) is 15.4. The number of nitrogens with zero attached hydrogens (tertiary/aromatic N) is 4. The van der Waals surface area contributed by atoms with Crippen molar-refractivity contribution in [3.63, 3.8) is 0 Å². The van der Waals surface area contributed by atoms with Gasteiger partial charge in [0.1, 0.15) is 6.61 Å². The molecule has 0 bridgehead atoms. The van der Waals surface area contributed by atoms with Gasteiger partial charge < -0.3 is 24.8 Å². The maximum atomic E-state index is 13.5. The van der Waals surface area contributed by atoms with Crippen LogP contribution in [0.4, 0.5) is 10.5 Å². The Bertz CT molecular complexity index is 1510. The van der Waals surface area contributed by atoms with Gasteiger partial charge in [-0.3, -0.25) is 0 Å². The summed E-state index contributed by atoms with van der Waals surface area (Å²) >= 11 is 0. The molecule has 3 aromatic rings. The summed E-state index contributed by atoms with van der Waals surface area (Å²) in [6, 6.07) is 9.35. The summed E-state index contributed by atoms with van der Waals surface area (Å²) < 4.78 is 28.3. The molecule has 2 aromatic heterocycles. The van der Waals surface area contributed by atoms with Gasteiger partial charge in [-0.05, 0) is 61.2 Å². The molecule has 1 unspecified atom stereocenters. The van der Waals surface area contributed by atoms with Crippen molar-refractivity contribution in [1.82, 2.24) is 14.9 Å². The second-order valence-corrected chi connectivity index (χ2v) is 11.9. The highest BCUT2D eigenvalue weighted by Gasteiger charge is 2.33. The number of carbonyl (C=O) groups is 1. The Hall–Kier alpha value is -3.74. The van der Waals surface area contributed by atoms with Crippen molar-refractivity contribution in [2.45, 2.75) is 37.1 Å². The number of amides is 2. The van der Waals surface area contributed by atoms with Crippen molar-refractivity contribution in [3.05, 3.63) is 53.7 Å². The van der Waals surface area contributed by atoms with Gasteiger partial charge in [-0.15, -0.1) is 4.36 Å². The first-order valence-corrected chi connectivity index (χ1v) is 14.0. The van der Waals surface area contributed by atoms with E-state index in [2.05, 4.69) is 33.5 Å². The first-order chi connectivity index (χ1) is 18.4. The number of benzene rings is 1. The summed E-state index contributed by atoms with van der Waals surface area (Å²) in [4.78, 5) is 23.3. The summed E-state index contributed by atoms with van der Waals surface area (Å²) in [7, 11) is 1.38. The van der Waals surface area contributed by atoms with Gasteiger partial charge in [0.05, 0.1) is 12.8 Å². The third-order valence-electron chi connectivity index (χ3n) is 6.63. The molecule has 11 nitrogen and oxygen atoms in total. The molecular weight excluding hydrogens is 520 g/mol. The molecule has 0 spiro atoms. The fraction of sp³-hybridized carbons (Fsp3) is 0.370. The van der Waals surface area contributed by atoms with Crippen LogP contribution in [-0.4, -0.2) is 64.6 Å². The number of hydrogen-bond acceptors (Lipinski definition) is 8. The fourth-order valence-electron chi connectivity index (χ4n) is 4.57. The molecule has 4 rings (SSSR count). The summed E-state index contributed by atoms with van der Waals surface area (Å²) in [5, 5.41) is 18.7. The maximum Gasteiger partial charge on any atom is 0.354 e. The van der Waals surface area contributed by atoms with E-state index in [-0.39, 0.29) is 28.0 Å². The number of fused-ring (bicyclic) bond motifs is 1. The Kier molecular flexibility index (Phi) is 8.09. The van der Waals surface area contributed by atoms with Crippen molar-refractivity contribution in [1.29, 1.82) is 0 Å². The van der Waals surface area contributed by atoms with E-state index in [1.54, 1.807) is 12.1 Å². The summed E-state index contributed by atoms with van der Waals surface area (Å²) in [5.41, 5.74) is 3.81. The van der Waals surface area contributed by atoms with Crippen molar-refractivity contribution >= 4 is 21.6 Å². The zero-order valence-electron chi connectivity index (χ0n) is 22.7. The topological polar surface area (TPSA) is 152 Å². The number of rotatable bonds is 8. The Morgan fingerprint density at radius 1 is 1.26 bits per heavy atom. The molecule has 2 heterocycles. The number of pyridine rings is 2. The van der Waals surface area contributed by atoms with Crippen LogP contribution in [0.5, 0.6) is 17.5 Å². The largest absolute Gasteiger partial charge is 0.494 e. The molecule has 0 aliphatic heterocycles. The molecule has 2 amide bonds. The number of likely N-dealkylation sites (N-methyl/N-ethyl adjacent to an activating group) is 1. The van der Waals surface area contributed by atoms with Crippen LogP contribution in [0.2, 0.25) is 0 Å². The van der Waals surface area contributed by atoms with Crippen molar-refractivity contribution < 1.29 is 23.6 Å². The van der Waals surface area contributed by atoms with Crippen LogP contribution >= 0.6 is 0 Å². The number of ether oxygens (including phenoxy) is 2. The lowest BCUT2D eigenvalue weighted by Crippen LogP contribution is -2.22. The minimum Gasteiger partial charge on any atom is -0.494 e. The molecule has 39 heavy (non-hydrogen) atoms. The van der Waals surface area contributed by atoms with Gasteiger partial charge in [0.15, 0.2) is 20.7 Å². The molecule has 4 N–H and O–H groups in total. The highest BCUT2D eigenvalue weighted by atomic mass is 32.2. The van der Waals surface area contributed by atoms with E-state index in [1.807, 2.05) is 31.1 Å². The standard InChI is InChI=1S/C27H34N6O5S/c1-27(2)12-10-19-20(27)7-6-18(17-11-13-29-22(34)16-17)24(19)31-26(35)32-39(28,36)25-21(37-5)8-9-23(30-25)38-15-14-33(3)4/h6-9,11,13,16H,10,12,14-15H2,1-5H3,(H,29,34)(H3,28,31,32,35,36). The van der Waals surface area contributed by atoms with Crippen LogP contribution in [0.25, 0.3) is 11.1 Å². The lowest BCUT2D eigenvalue weighted by Gasteiger charge is -2.21. The zero-order valence-corrected chi connectivity index (χ0v) is 23.5. The Labute approximate surface area is 228 Å². The quantitative estimate of drug-likeness (QED) is 0.378. The molecule has 1 atom stereocenters. The minimum atomic E-state index is -3.82. The van der Waals surface area contributed by atoms with Gasteiger partial charge in [0.2, 0.25) is 11.8 Å². The summed E-state index contributed by atoms with van der Waals surface area (Å²) in [6.07, 6.45) is 3.10. The average molecular weight is 555 g/mol. The average Bonchev–Trinajstić information content (AvgIpc) is 3.18. The predicted octanol–water partition coefficient (Wildman–Crippen LogP) is 3.95. The predicted molar refractivity (Wildman–Crippen MR) is 150 cm³/mol. The summed E-state index contributed by atoms with van der Waals surface area (Å²) in [6.45, 7) is 5.28. The number of nitrogens with two attached hydrogens (primary N) is 1. The van der Waals surface area contributed by atoms with Gasteiger partial charge in [0, 0.05) is 30.4 Å². The SMILES string of the molecule is COc1ccc(OCCN(C)C)nc1S(N)(=O)=NC(=O)Nc1c(-c2ccnc(O)c2)ccc2c1CCC2(C)C. The van der Waals surface area contributed by atoms with E-state index in [9.17, 15) is 14.1 Å². The molecule has 0 fully saturated rings. The van der Waals surface area contributed by atoms with E-state index in [1.165, 1.54) is 25.4 Å². The van der Waals surface area contributed by atoms with Crippen LogP contribution in [-0.2, 0) is 21.8 Å². The fourth-order valence-corrected chi connectivity index (χ4v) is 5.61. The molecule has 1 aliphatic rings. The molecule has 0 radical (unpaired) electrons. The second-order valence-electron chi connectivity index (χ2n) is 10.2. The lowest BCUT2D eigenvalue weighted by atomic mass is 9.85. The smallest absolute Gasteiger partial charge is 0.354 e. The number of methoxy groups -OCH3 is 1. The van der Waals surface area contributed by atoms with Crippen LogP contribution in [0.1, 0.15) is 31.4 Å². The molecule has 0 saturated carbocycles. The van der Waals surface area contributed by atoms with Crippen LogP contribution in [0, 0.1) is 0 Å². The van der Waals surface area contributed by atoms with Gasteiger partial charge in [-0.2, -0.15) is 4.98 Å².